The van der Waals surface area contributed by atoms with Gasteiger partial charge in [-0.1, -0.05) is 39.0 Å². The molecule has 0 rings (SSSR count). The summed E-state index contributed by atoms with van der Waals surface area (Å²) in [6.45, 7) is 4.26. The molecular formula is C10H21AlO3. The fourth-order valence-electron chi connectivity index (χ4n) is 1.10. The number of carbonyl (C=O) groups is 1. The zero-order chi connectivity index (χ0) is 11.2. The van der Waals surface area contributed by atoms with Gasteiger partial charge in [-0.15, -0.1) is 0 Å². The van der Waals surface area contributed by atoms with Crippen LogP contribution in [0.15, 0.2) is 0 Å². The average molecular weight is 216 g/mol. The van der Waals surface area contributed by atoms with Gasteiger partial charge < -0.3 is 4.74 Å². The molecule has 0 heterocycles. The van der Waals surface area contributed by atoms with E-state index in [1.54, 1.807) is 0 Å². The molecular weight excluding hydrogens is 195 g/mol. The molecule has 0 amide bonds. The van der Waals surface area contributed by atoms with Crippen molar-refractivity contribution in [2.45, 2.75) is 52.4 Å². The van der Waals surface area contributed by atoms with Crippen LogP contribution in [0.4, 0.5) is 0 Å². The van der Waals surface area contributed by atoms with E-state index in [-0.39, 0.29) is 5.97 Å². The number of hydrogen-bond donors (Lipinski definition) is 0. The van der Waals surface area contributed by atoms with Gasteiger partial charge in [0.1, 0.15) is 0 Å². The Morgan fingerprint density at radius 2 is 1.57 bits per heavy atom. The minimum absolute atomic E-state index is 0.163. The van der Waals surface area contributed by atoms with Gasteiger partial charge in [-0.25, -0.2) is 0 Å². The number of carbonyl (C=O) groups excluding carboxylic acids is 1. The van der Waals surface area contributed by atoms with E-state index in [1.165, 1.54) is 39.0 Å². The van der Waals surface area contributed by atoms with E-state index >= 15 is 0 Å². The first-order valence-corrected chi connectivity index (χ1v) is 5.77. The Kier molecular flexibility index (Phi) is 17.7. The molecule has 0 aromatic heterocycles. The van der Waals surface area contributed by atoms with Gasteiger partial charge in [-0.3, -0.25) is 4.79 Å². The molecule has 0 spiro atoms. The van der Waals surface area contributed by atoms with Crippen LogP contribution in [-0.2, 0) is 13.3 Å². The second-order valence-electron chi connectivity index (χ2n) is 3.11. The van der Waals surface area contributed by atoms with Crippen molar-refractivity contribution >= 4 is 22.2 Å². The number of ether oxygens (including phenoxy) is 1. The molecule has 0 aliphatic rings. The maximum atomic E-state index is 10.4. The molecule has 3 nitrogen and oxygen atoms in total. The van der Waals surface area contributed by atoms with Crippen molar-refractivity contribution in [2.24, 2.45) is 0 Å². The van der Waals surface area contributed by atoms with Crippen molar-refractivity contribution in [1.29, 1.82) is 0 Å². The van der Waals surface area contributed by atoms with Crippen LogP contribution in [0.1, 0.15) is 52.4 Å². The summed E-state index contributed by atoms with van der Waals surface area (Å²) in [5, 5.41) is 0. The molecule has 0 aliphatic carbocycles. The first-order valence-electron chi connectivity index (χ1n) is 5.19. The van der Waals surface area contributed by atoms with E-state index in [0.717, 1.165) is 6.42 Å². The number of hydrogen-bond acceptors (Lipinski definition) is 3. The van der Waals surface area contributed by atoms with Gasteiger partial charge in [0.2, 0.25) is 0 Å². The van der Waals surface area contributed by atoms with Crippen molar-refractivity contribution in [1.82, 2.24) is 0 Å². The molecule has 0 atom stereocenters. The second kappa shape index (κ2) is 15.3. The van der Waals surface area contributed by atoms with Crippen molar-refractivity contribution in [3.8, 4) is 0 Å². The van der Waals surface area contributed by atoms with Gasteiger partial charge in [0.15, 0.2) is 0 Å². The molecule has 0 unspecified atom stereocenters. The van der Waals surface area contributed by atoms with E-state index in [9.17, 15) is 4.79 Å². The zero-order valence-corrected chi connectivity index (χ0v) is 10.8. The van der Waals surface area contributed by atoms with E-state index in [4.69, 9.17) is 8.54 Å². The Bertz CT molecular complexity index is 129. The quantitative estimate of drug-likeness (QED) is 0.372. The monoisotopic (exact) mass is 216 g/mol. The summed E-state index contributed by atoms with van der Waals surface area (Å²) in [7, 11) is 0. The predicted octanol–water partition coefficient (Wildman–Crippen LogP) is 2.14. The van der Waals surface area contributed by atoms with Crippen LogP contribution in [-0.4, -0.2) is 28.8 Å². The number of esters is 1. The standard InChI is InChI=1S/C10H20O2.Al.O.H/c1-3-4-5-6-7-8-9-12-10(2)11;;;/h3-9H2,1-2H3;;;. The van der Waals surface area contributed by atoms with E-state index in [0.29, 0.717) is 22.8 Å². The van der Waals surface area contributed by atoms with Gasteiger partial charge >= 0.3 is 26.0 Å². The Hall–Kier alpha value is -0.198. The van der Waals surface area contributed by atoms with Gasteiger partial charge in [0.05, 0.1) is 6.61 Å². The fraction of sp³-hybridized carbons (Fsp3) is 0.900. The molecule has 0 saturated heterocycles. The Morgan fingerprint density at radius 3 is 2.07 bits per heavy atom. The molecule has 0 bridgehead atoms. The van der Waals surface area contributed by atoms with E-state index < -0.39 is 0 Å². The number of unbranched alkanes of at least 4 members (excludes halogenated alkanes) is 5. The van der Waals surface area contributed by atoms with Crippen molar-refractivity contribution in [2.75, 3.05) is 6.61 Å². The van der Waals surface area contributed by atoms with E-state index in [2.05, 4.69) is 6.92 Å². The molecule has 82 valence electrons. The van der Waals surface area contributed by atoms with Crippen LogP contribution < -0.4 is 0 Å². The Balaban J connectivity index is 0. The molecule has 4 heteroatoms. The van der Waals surface area contributed by atoms with Crippen LogP contribution in [0.3, 0.4) is 0 Å². The van der Waals surface area contributed by atoms with Gasteiger partial charge in [-0.05, 0) is 6.42 Å². The molecule has 14 heavy (non-hydrogen) atoms. The third kappa shape index (κ3) is 17.8. The molecule has 0 saturated carbocycles. The predicted molar refractivity (Wildman–Crippen MR) is 57.8 cm³/mol. The Labute approximate surface area is 94.8 Å². The normalized spacial score (nSPS) is 8.64. The van der Waals surface area contributed by atoms with Crippen LogP contribution in [0, 0.1) is 0 Å². The van der Waals surface area contributed by atoms with Crippen molar-refractivity contribution in [3.05, 3.63) is 0 Å². The first-order chi connectivity index (χ1) is 6.77. The summed E-state index contributed by atoms with van der Waals surface area (Å²) >= 11 is 0.611. The molecule has 0 fully saturated rings. The second-order valence-corrected chi connectivity index (χ2v) is 3.11. The summed E-state index contributed by atoms with van der Waals surface area (Å²) in [4.78, 5) is 10.4. The zero-order valence-electron chi connectivity index (χ0n) is 9.38. The van der Waals surface area contributed by atoms with Gasteiger partial charge in [0, 0.05) is 6.92 Å². The topological polar surface area (TPSA) is 43.4 Å². The Morgan fingerprint density at radius 1 is 1.07 bits per heavy atom. The first kappa shape index (κ1) is 16.2. The average Bonchev–Trinajstić information content (AvgIpc) is 2.19. The van der Waals surface area contributed by atoms with Gasteiger partial charge in [0.25, 0.3) is 0 Å². The molecule has 0 aromatic rings. The fourth-order valence-corrected chi connectivity index (χ4v) is 1.10. The van der Waals surface area contributed by atoms with Crippen LogP contribution in [0.25, 0.3) is 0 Å². The molecule has 0 aliphatic heterocycles. The molecule has 0 N–H and O–H groups in total. The summed E-state index contributed by atoms with van der Waals surface area (Å²) < 4.78 is 13.1. The summed E-state index contributed by atoms with van der Waals surface area (Å²) in [6.07, 6.45) is 7.40. The summed E-state index contributed by atoms with van der Waals surface area (Å²) in [6, 6.07) is 0. The van der Waals surface area contributed by atoms with Crippen molar-refractivity contribution < 1.29 is 13.3 Å². The summed E-state index contributed by atoms with van der Waals surface area (Å²) in [5.41, 5.74) is 0. The van der Waals surface area contributed by atoms with Crippen LogP contribution in [0.2, 0.25) is 0 Å². The van der Waals surface area contributed by atoms with Crippen molar-refractivity contribution in [3.63, 3.8) is 0 Å². The maximum absolute atomic E-state index is 10.4. The third-order valence-corrected chi connectivity index (χ3v) is 1.80. The summed E-state index contributed by atoms with van der Waals surface area (Å²) in [5.74, 6) is -0.163. The minimum atomic E-state index is -0.163. The molecule has 0 radical (unpaired) electrons. The van der Waals surface area contributed by atoms with Crippen LogP contribution >= 0.6 is 0 Å². The third-order valence-electron chi connectivity index (χ3n) is 1.80. The van der Waals surface area contributed by atoms with Gasteiger partial charge in [-0.2, -0.15) is 0 Å². The number of rotatable bonds is 7. The van der Waals surface area contributed by atoms with Crippen LogP contribution in [0.5, 0.6) is 0 Å². The SMILES string of the molecule is CCCCCCCCOC(C)=O.[O]=[AlH]. The molecule has 0 aromatic carbocycles. The van der Waals surface area contributed by atoms with E-state index in [1.807, 2.05) is 0 Å².